The van der Waals surface area contributed by atoms with Crippen molar-refractivity contribution < 1.29 is 9.50 Å². The first-order valence-corrected chi connectivity index (χ1v) is 4.27. The lowest BCUT2D eigenvalue weighted by Gasteiger charge is -2.09. The van der Waals surface area contributed by atoms with E-state index in [0.717, 1.165) is 0 Å². The molecule has 1 aromatic carbocycles. The van der Waals surface area contributed by atoms with E-state index in [1.807, 2.05) is 6.07 Å². The number of nitrogens with zero attached hydrogens (tertiary/aromatic N) is 1. The summed E-state index contributed by atoms with van der Waals surface area (Å²) in [7, 11) is 0. The molecular formula is C10H11FN2O. The van der Waals surface area contributed by atoms with Crippen LogP contribution in [0.2, 0.25) is 0 Å². The summed E-state index contributed by atoms with van der Waals surface area (Å²) in [6.07, 6.45) is -0.647. The molecule has 0 radical (unpaired) electrons. The summed E-state index contributed by atoms with van der Waals surface area (Å²) in [5.41, 5.74) is 0.599. The van der Waals surface area contributed by atoms with Gasteiger partial charge in [-0.2, -0.15) is 5.26 Å². The zero-order valence-electron chi connectivity index (χ0n) is 7.57. The second kappa shape index (κ2) is 5.20. The second-order valence-corrected chi connectivity index (χ2v) is 2.91. The topological polar surface area (TPSA) is 56.0 Å². The summed E-state index contributed by atoms with van der Waals surface area (Å²) >= 11 is 0. The Morgan fingerprint density at radius 2 is 2.36 bits per heavy atom. The summed E-state index contributed by atoms with van der Waals surface area (Å²) in [6, 6.07) is 7.80. The maximum Gasteiger partial charge on any atom is 0.125 e. The lowest BCUT2D eigenvalue weighted by molar-refractivity contribution is 0.193. The highest BCUT2D eigenvalue weighted by Crippen LogP contribution is 2.08. The van der Waals surface area contributed by atoms with Gasteiger partial charge in [-0.3, -0.25) is 0 Å². The lowest BCUT2D eigenvalue weighted by Crippen LogP contribution is -2.18. The van der Waals surface area contributed by atoms with E-state index in [1.165, 1.54) is 12.1 Å². The molecule has 74 valence electrons. The van der Waals surface area contributed by atoms with E-state index >= 15 is 0 Å². The monoisotopic (exact) mass is 194 g/mol. The molecule has 1 aromatic rings. The van der Waals surface area contributed by atoms with Crippen molar-refractivity contribution in [3.8, 4) is 6.07 Å². The normalized spacial score (nSPS) is 11.8. The molecule has 1 atom stereocenters. The van der Waals surface area contributed by atoms with Gasteiger partial charge in [0.25, 0.3) is 0 Å². The van der Waals surface area contributed by atoms with E-state index in [9.17, 15) is 9.50 Å². The quantitative estimate of drug-likeness (QED) is 0.763. The Morgan fingerprint density at radius 1 is 1.57 bits per heavy atom. The van der Waals surface area contributed by atoms with Crippen molar-refractivity contribution in [1.29, 1.82) is 5.26 Å². The van der Waals surface area contributed by atoms with Crippen LogP contribution in [0.15, 0.2) is 24.3 Å². The van der Waals surface area contributed by atoms with Crippen LogP contribution in [0.25, 0.3) is 0 Å². The molecule has 0 amide bonds. The van der Waals surface area contributed by atoms with Crippen molar-refractivity contribution in [3.05, 3.63) is 30.1 Å². The van der Waals surface area contributed by atoms with Crippen molar-refractivity contribution in [2.75, 3.05) is 11.9 Å². The summed E-state index contributed by atoms with van der Waals surface area (Å²) in [5, 5.41) is 20.3. The molecule has 0 aliphatic carbocycles. The van der Waals surface area contributed by atoms with Crippen LogP contribution in [0.1, 0.15) is 6.42 Å². The highest BCUT2D eigenvalue weighted by Gasteiger charge is 2.02. The van der Waals surface area contributed by atoms with Crippen molar-refractivity contribution in [1.82, 2.24) is 0 Å². The highest BCUT2D eigenvalue weighted by molar-refractivity contribution is 5.43. The molecule has 0 saturated carbocycles. The van der Waals surface area contributed by atoms with Gasteiger partial charge in [0.1, 0.15) is 5.82 Å². The molecule has 0 saturated heterocycles. The molecule has 0 aliphatic heterocycles. The smallest absolute Gasteiger partial charge is 0.125 e. The van der Waals surface area contributed by atoms with Crippen LogP contribution in [0, 0.1) is 17.1 Å². The third kappa shape index (κ3) is 3.42. The van der Waals surface area contributed by atoms with Gasteiger partial charge in [0.2, 0.25) is 0 Å². The van der Waals surface area contributed by atoms with Gasteiger partial charge in [-0.05, 0) is 18.2 Å². The number of hydrogen-bond donors (Lipinski definition) is 2. The SMILES string of the molecule is N#CCC(O)CNc1cccc(F)c1. The largest absolute Gasteiger partial charge is 0.390 e. The van der Waals surface area contributed by atoms with Gasteiger partial charge in [-0.15, -0.1) is 0 Å². The predicted octanol–water partition coefficient (Wildman–Crippen LogP) is 1.51. The molecule has 14 heavy (non-hydrogen) atoms. The van der Waals surface area contributed by atoms with Crippen molar-refractivity contribution in [2.24, 2.45) is 0 Å². The molecule has 2 N–H and O–H groups in total. The second-order valence-electron chi connectivity index (χ2n) is 2.91. The summed E-state index contributed by atoms with van der Waals surface area (Å²) < 4.78 is 12.7. The van der Waals surface area contributed by atoms with E-state index in [4.69, 9.17) is 5.26 Å². The fraction of sp³-hybridized carbons (Fsp3) is 0.300. The van der Waals surface area contributed by atoms with Gasteiger partial charge in [0.15, 0.2) is 0 Å². The summed E-state index contributed by atoms with van der Waals surface area (Å²) in [5.74, 6) is -0.329. The van der Waals surface area contributed by atoms with Crippen LogP contribution in [0.4, 0.5) is 10.1 Å². The number of halogens is 1. The number of anilines is 1. The Hall–Kier alpha value is -1.60. The van der Waals surface area contributed by atoms with Crippen molar-refractivity contribution in [2.45, 2.75) is 12.5 Å². The molecular weight excluding hydrogens is 183 g/mol. The summed E-state index contributed by atoms with van der Waals surface area (Å²) in [6.45, 7) is 0.247. The van der Waals surface area contributed by atoms with Gasteiger partial charge in [0, 0.05) is 12.2 Å². The standard InChI is InChI=1S/C10H11FN2O/c11-8-2-1-3-9(6-8)13-7-10(14)4-5-12/h1-3,6,10,13-14H,4,7H2. The van der Waals surface area contributed by atoms with Gasteiger partial charge in [-0.1, -0.05) is 6.07 Å². The predicted molar refractivity (Wildman–Crippen MR) is 51.1 cm³/mol. The number of rotatable bonds is 4. The molecule has 1 unspecified atom stereocenters. The number of aliphatic hydroxyl groups excluding tert-OH is 1. The van der Waals surface area contributed by atoms with E-state index in [-0.39, 0.29) is 18.8 Å². The third-order valence-electron chi connectivity index (χ3n) is 1.69. The number of hydrogen-bond acceptors (Lipinski definition) is 3. The number of aliphatic hydroxyl groups is 1. The average molecular weight is 194 g/mol. The zero-order chi connectivity index (χ0) is 10.4. The average Bonchev–Trinajstić information content (AvgIpc) is 2.15. The van der Waals surface area contributed by atoms with Crippen molar-refractivity contribution in [3.63, 3.8) is 0 Å². The highest BCUT2D eigenvalue weighted by atomic mass is 19.1. The van der Waals surface area contributed by atoms with Crippen molar-refractivity contribution >= 4 is 5.69 Å². The Morgan fingerprint density at radius 3 is 3.00 bits per heavy atom. The van der Waals surface area contributed by atoms with Crippen LogP contribution >= 0.6 is 0 Å². The van der Waals surface area contributed by atoms with Gasteiger partial charge in [-0.25, -0.2) is 4.39 Å². The number of nitrogens with one attached hydrogen (secondary N) is 1. The van der Waals surface area contributed by atoms with Crippen LogP contribution in [0.5, 0.6) is 0 Å². The first kappa shape index (κ1) is 10.5. The summed E-state index contributed by atoms with van der Waals surface area (Å²) in [4.78, 5) is 0. The van der Waals surface area contributed by atoms with E-state index in [1.54, 1.807) is 12.1 Å². The van der Waals surface area contributed by atoms with Gasteiger partial charge < -0.3 is 10.4 Å². The molecule has 0 fully saturated rings. The van der Waals surface area contributed by atoms with Gasteiger partial charge in [0.05, 0.1) is 18.6 Å². The third-order valence-corrected chi connectivity index (χ3v) is 1.69. The van der Waals surface area contributed by atoms with Crippen LogP contribution in [0.3, 0.4) is 0 Å². The molecule has 3 nitrogen and oxygen atoms in total. The van der Waals surface area contributed by atoms with Crippen LogP contribution < -0.4 is 5.32 Å². The zero-order valence-corrected chi connectivity index (χ0v) is 7.57. The maximum atomic E-state index is 12.7. The minimum atomic E-state index is -0.719. The fourth-order valence-corrected chi connectivity index (χ4v) is 1.01. The van der Waals surface area contributed by atoms with E-state index in [2.05, 4.69) is 5.32 Å². The Labute approximate surface area is 81.8 Å². The minimum absolute atomic E-state index is 0.0717. The first-order valence-electron chi connectivity index (χ1n) is 4.27. The molecule has 0 heterocycles. The Balaban J connectivity index is 2.42. The van der Waals surface area contributed by atoms with E-state index in [0.29, 0.717) is 5.69 Å². The van der Waals surface area contributed by atoms with Crippen LogP contribution in [-0.2, 0) is 0 Å². The van der Waals surface area contributed by atoms with Gasteiger partial charge >= 0.3 is 0 Å². The maximum absolute atomic E-state index is 12.7. The molecule has 1 rings (SSSR count). The lowest BCUT2D eigenvalue weighted by atomic mass is 10.2. The number of benzene rings is 1. The minimum Gasteiger partial charge on any atom is -0.390 e. The number of nitriles is 1. The fourth-order valence-electron chi connectivity index (χ4n) is 1.01. The molecule has 4 heteroatoms. The van der Waals surface area contributed by atoms with Crippen LogP contribution in [-0.4, -0.2) is 17.8 Å². The molecule has 0 bridgehead atoms. The Bertz CT molecular complexity index is 335. The molecule has 0 spiro atoms. The Kier molecular flexibility index (Phi) is 3.89. The molecule has 0 aromatic heterocycles. The first-order chi connectivity index (χ1) is 6.72. The molecule has 0 aliphatic rings. The van der Waals surface area contributed by atoms with E-state index < -0.39 is 6.10 Å².